The van der Waals surface area contributed by atoms with Crippen LogP contribution in [0.5, 0.6) is 0 Å². The molecule has 0 unspecified atom stereocenters. The summed E-state index contributed by atoms with van der Waals surface area (Å²) < 4.78 is 28.2. The van der Waals surface area contributed by atoms with Gasteiger partial charge in [-0.3, -0.25) is 4.68 Å². The number of hydrogen-bond acceptors (Lipinski definition) is 6. The lowest BCUT2D eigenvalue weighted by molar-refractivity contribution is 0.0696. The Morgan fingerprint density at radius 2 is 2.22 bits per heavy atom. The third kappa shape index (κ3) is 3.91. The third-order valence-electron chi connectivity index (χ3n) is 2.98. The second kappa shape index (κ2) is 6.55. The number of rotatable bonds is 6. The highest BCUT2D eigenvalue weighted by Crippen LogP contribution is 2.16. The molecule has 9 nitrogen and oxygen atoms in total. The summed E-state index contributed by atoms with van der Waals surface area (Å²) in [7, 11) is -3.77. The van der Waals surface area contributed by atoms with Gasteiger partial charge in [-0.2, -0.15) is 5.26 Å². The number of aryl methyl sites for hydroxylation is 1. The number of carboxylic acids is 1. The van der Waals surface area contributed by atoms with Crippen LogP contribution in [0.3, 0.4) is 0 Å². The molecule has 2 N–H and O–H groups in total. The van der Waals surface area contributed by atoms with Crippen LogP contribution in [0.15, 0.2) is 29.4 Å². The van der Waals surface area contributed by atoms with Crippen LogP contribution in [0.4, 0.5) is 0 Å². The first-order valence-electron chi connectivity index (χ1n) is 6.46. The lowest BCUT2D eigenvalue weighted by Gasteiger charge is -2.09. The molecule has 0 saturated carbocycles. The fourth-order valence-electron chi connectivity index (χ4n) is 1.91. The minimum Gasteiger partial charge on any atom is -0.478 e. The minimum absolute atomic E-state index is 0.00737. The van der Waals surface area contributed by atoms with Gasteiger partial charge in [-0.25, -0.2) is 22.9 Å². The first-order valence-corrected chi connectivity index (χ1v) is 7.95. The van der Waals surface area contributed by atoms with Gasteiger partial charge in [0.05, 0.1) is 17.0 Å². The SMILES string of the molecule is Cc1cc(C(=O)O)ccc1S(=O)(=O)NCCn1cnc(C#N)n1. The van der Waals surface area contributed by atoms with Gasteiger partial charge in [0.1, 0.15) is 12.4 Å². The molecule has 0 amide bonds. The number of nitrogens with one attached hydrogen (secondary N) is 1. The molecule has 0 aliphatic carbocycles. The predicted octanol–water partition coefficient (Wildman–Crippen LogP) is 0.135. The summed E-state index contributed by atoms with van der Waals surface area (Å²) >= 11 is 0. The summed E-state index contributed by atoms with van der Waals surface area (Å²) in [6.45, 7) is 1.79. The van der Waals surface area contributed by atoms with E-state index in [9.17, 15) is 13.2 Å². The second-order valence-electron chi connectivity index (χ2n) is 4.63. The maximum Gasteiger partial charge on any atom is 0.335 e. The Hall–Kier alpha value is -2.77. The number of benzene rings is 1. The number of nitriles is 1. The van der Waals surface area contributed by atoms with Crippen molar-refractivity contribution in [2.45, 2.75) is 18.4 Å². The zero-order valence-electron chi connectivity index (χ0n) is 12.1. The first-order chi connectivity index (χ1) is 10.8. The van der Waals surface area contributed by atoms with E-state index in [-0.39, 0.29) is 29.4 Å². The summed E-state index contributed by atoms with van der Waals surface area (Å²) in [5.74, 6) is -1.11. The van der Waals surface area contributed by atoms with E-state index in [0.717, 1.165) is 0 Å². The molecule has 0 aliphatic heterocycles. The Balaban J connectivity index is 2.07. The van der Waals surface area contributed by atoms with Gasteiger partial charge in [-0.05, 0) is 30.7 Å². The quantitative estimate of drug-likeness (QED) is 0.765. The van der Waals surface area contributed by atoms with Crippen LogP contribution in [-0.2, 0) is 16.6 Å². The molecule has 0 fully saturated rings. The molecule has 0 aliphatic rings. The summed E-state index contributed by atoms with van der Waals surface area (Å²) in [5, 5.41) is 21.3. The van der Waals surface area contributed by atoms with Crippen LogP contribution in [0.25, 0.3) is 0 Å². The Labute approximate surface area is 132 Å². The molecule has 0 atom stereocenters. The van der Waals surface area contributed by atoms with Crippen molar-refractivity contribution in [2.75, 3.05) is 6.54 Å². The largest absolute Gasteiger partial charge is 0.478 e. The highest BCUT2D eigenvalue weighted by Gasteiger charge is 2.17. The number of sulfonamides is 1. The van der Waals surface area contributed by atoms with Gasteiger partial charge in [0, 0.05) is 6.54 Å². The van der Waals surface area contributed by atoms with Crippen molar-refractivity contribution in [3.8, 4) is 6.07 Å². The highest BCUT2D eigenvalue weighted by atomic mass is 32.2. The zero-order valence-corrected chi connectivity index (χ0v) is 12.9. The van der Waals surface area contributed by atoms with Crippen molar-refractivity contribution in [2.24, 2.45) is 0 Å². The lowest BCUT2D eigenvalue weighted by Crippen LogP contribution is -2.28. The molecule has 120 valence electrons. The van der Waals surface area contributed by atoms with E-state index in [2.05, 4.69) is 14.8 Å². The van der Waals surface area contributed by atoms with Crippen LogP contribution in [0.1, 0.15) is 21.7 Å². The molecule has 2 rings (SSSR count). The predicted molar refractivity (Wildman–Crippen MR) is 78.1 cm³/mol. The fraction of sp³-hybridized carbons (Fsp3) is 0.231. The molecule has 2 aromatic rings. The number of carboxylic acid groups (broad SMARTS) is 1. The maximum absolute atomic E-state index is 12.2. The molecular formula is C13H13N5O4S. The number of aromatic carboxylic acids is 1. The van der Waals surface area contributed by atoms with Crippen molar-refractivity contribution in [3.63, 3.8) is 0 Å². The molecule has 1 aromatic carbocycles. The minimum atomic E-state index is -3.77. The van der Waals surface area contributed by atoms with Crippen LogP contribution < -0.4 is 4.72 Å². The van der Waals surface area contributed by atoms with Gasteiger partial charge in [0.15, 0.2) is 0 Å². The Morgan fingerprint density at radius 1 is 1.48 bits per heavy atom. The van der Waals surface area contributed by atoms with E-state index in [0.29, 0.717) is 5.56 Å². The summed E-state index contributed by atoms with van der Waals surface area (Å²) in [6, 6.07) is 5.56. The average molecular weight is 335 g/mol. The van der Waals surface area contributed by atoms with E-state index in [4.69, 9.17) is 10.4 Å². The fourth-order valence-corrected chi connectivity index (χ4v) is 3.16. The van der Waals surface area contributed by atoms with Crippen molar-refractivity contribution < 1.29 is 18.3 Å². The van der Waals surface area contributed by atoms with Gasteiger partial charge in [-0.15, -0.1) is 5.10 Å². The number of hydrogen-bond donors (Lipinski definition) is 2. The van der Waals surface area contributed by atoms with Crippen molar-refractivity contribution in [3.05, 3.63) is 41.5 Å². The van der Waals surface area contributed by atoms with Crippen LogP contribution >= 0.6 is 0 Å². The molecule has 0 bridgehead atoms. The number of nitrogens with zero attached hydrogens (tertiary/aromatic N) is 4. The first kappa shape index (κ1) is 16.6. The molecule has 1 aromatic heterocycles. The molecule has 1 heterocycles. The molecule has 0 saturated heterocycles. The maximum atomic E-state index is 12.2. The normalized spacial score (nSPS) is 11.1. The summed E-state index contributed by atoms with van der Waals surface area (Å²) in [5.41, 5.74) is 0.359. The van der Waals surface area contributed by atoms with Crippen molar-refractivity contribution in [1.29, 1.82) is 5.26 Å². The summed E-state index contributed by atoms with van der Waals surface area (Å²) in [6.07, 6.45) is 1.33. The number of aromatic nitrogens is 3. The van der Waals surface area contributed by atoms with Gasteiger partial charge >= 0.3 is 5.97 Å². The van der Waals surface area contributed by atoms with Crippen LogP contribution in [0, 0.1) is 18.3 Å². The third-order valence-corrected chi connectivity index (χ3v) is 4.60. The van der Waals surface area contributed by atoms with Crippen LogP contribution in [-0.4, -0.2) is 40.8 Å². The van der Waals surface area contributed by atoms with Crippen molar-refractivity contribution >= 4 is 16.0 Å². The standard InChI is InChI=1S/C13H13N5O4S/c1-9-6-10(13(19)20)2-3-11(9)23(21,22)16-4-5-18-8-15-12(7-14)17-18/h2-3,6,8,16H,4-5H2,1H3,(H,19,20). The zero-order chi connectivity index (χ0) is 17.0. The van der Waals surface area contributed by atoms with Gasteiger partial charge in [-0.1, -0.05) is 0 Å². The average Bonchev–Trinajstić information content (AvgIpc) is 2.94. The summed E-state index contributed by atoms with van der Waals surface area (Å²) in [4.78, 5) is 14.6. The molecule has 10 heteroatoms. The molecule has 23 heavy (non-hydrogen) atoms. The smallest absolute Gasteiger partial charge is 0.335 e. The Kier molecular flexibility index (Phi) is 4.73. The van der Waals surface area contributed by atoms with Gasteiger partial charge < -0.3 is 5.11 Å². The Bertz CT molecular complexity index is 882. The monoisotopic (exact) mass is 335 g/mol. The lowest BCUT2D eigenvalue weighted by atomic mass is 10.1. The van der Waals surface area contributed by atoms with E-state index in [1.165, 1.54) is 36.1 Å². The van der Waals surface area contributed by atoms with Gasteiger partial charge in [0.2, 0.25) is 10.0 Å². The van der Waals surface area contributed by atoms with E-state index < -0.39 is 16.0 Å². The second-order valence-corrected chi connectivity index (χ2v) is 6.36. The number of carbonyl (C=O) groups is 1. The topological polar surface area (TPSA) is 138 Å². The van der Waals surface area contributed by atoms with E-state index in [1.54, 1.807) is 6.07 Å². The van der Waals surface area contributed by atoms with Crippen molar-refractivity contribution in [1.82, 2.24) is 19.5 Å². The van der Waals surface area contributed by atoms with E-state index >= 15 is 0 Å². The van der Waals surface area contributed by atoms with E-state index in [1.807, 2.05) is 0 Å². The highest BCUT2D eigenvalue weighted by molar-refractivity contribution is 7.89. The van der Waals surface area contributed by atoms with Gasteiger partial charge in [0.25, 0.3) is 5.82 Å². The van der Waals surface area contributed by atoms with Crippen LogP contribution in [0.2, 0.25) is 0 Å². The molecule has 0 radical (unpaired) electrons. The molecular weight excluding hydrogens is 322 g/mol. The Morgan fingerprint density at radius 3 is 2.78 bits per heavy atom. The molecule has 0 spiro atoms.